The summed E-state index contributed by atoms with van der Waals surface area (Å²) in [6.07, 6.45) is 9.68. The second-order valence-corrected chi connectivity index (χ2v) is 13.2. The van der Waals surface area contributed by atoms with Gasteiger partial charge in [-0.05, 0) is 91.8 Å². The SMILES string of the molecule is C[C@H]1CC[C@@]2(OC1)O[C@@H]1[C@@H](O)[C@@H]3[C@H]4CC[C@@H]5CC[C@@H](O)C[C@@]5(C)[C@@H]4CC[C@@]3(C)[C@@H]1[C@H]2C. The molecule has 13 atom stereocenters. The van der Waals surface area contributed by atoms with Crippen molar-refractivity contribution in [3.8, 4) is 0 Å². The van der Waals surface area contributed by atoms with Gasteiger partial charge in [-0.1, -0.05) is 27.7 Å². The predicted octanol–water partition coefficient (Wildman–Crippen LogP) is 4.76. The van der Waals surface area contributed by atoms with Crippen molar-refractivity contribution in [3.63, 3.8) is 0 Å². The van der Waals surface area contributed by atoms with Crippen LogP contribution in [0.4, 0.5) is 0 Å². The zero-order valence-corrected chi connectivity index (χ0v) is 20.1. The molecule has 0 amide bonds. The number of hydrogen-bond acceptors (Lipinski definition) is 4. The van der Waals surface area contributed by atoms with Gasteiger partial charge in [0.05, 0.1) is 24.9 Å². The largest absolute Gasteiger partial charge is 0.393 e. The van der Waals surface area contributed by atoms with Crippen molar-refractivity contribution >= 4 is 0 Å². The molecule has 2 aliphatic heterocycles. The standard InChI is InChI=1S/C27H44O4/c1-15-9-12-27(30-14-15)16(2)21-24(31-27)23(29)22-19-8-6-17-5-7-18(28)13-26(17,4)20(19)10-11-25(21,22)3/h15-24,28-29H,5-14H2,1-4H3/t15-,16+,17-,18+,19-,20+,21+,22-,23-,24-,25-,26+,27+/m0/s1. The Hall–Kier alpha value is -0.160. The highest BCUT2D eigenvalue weighted by Gasteiger charge is 2.72. The molecule has 0 bridgehead atoms. The summed E-state index contributed by atoms with van der Waals surface area (Å²) in [4.78, 5) is 0. The normalized spacial score (nSPS) is 63.3. The quantitative estimate of drug-likeness (QED) is 0.579. The summed E-state index contributed by atoms with van der Waals surface area (Å²) < 4.78 is 13.2. The van der Waals surface area contributed by atoms with E-state index in [0.717, 1.165) is 38.2 Å². The molecule has 0 radical (unpaired) electrons. The van der Waals surface area contributed by atoms with Crippen LogP contribution in [-0.4, -0.2) is 40.9 Å². The van der Waals surface area contributed by atoms with Crippen LogP contribution in [0.5, 0.6) is 0 Å². The van der Waals surface area contributed by atoms with E-state index in [0.29, 0.717) is 35.5 Å². The van der Waals surface area contributed by atoms with Crippen LogP contribution in [-0.2, 0) is 9.47 Å². The average molecular weight is 433 g/mol. The van der Waals surface area contributed by atoms with E-state index in [1.54, 1.807) is 0 Å². The van der Waals surface area contributed by atoms with Crippen LogP contribution in [0.15, 0.2) is 0 Å². The summed E-state index contributed by atoms with van der Waals surface area (Å²) >= 11 is 0. The van der Waals surface area contributed by atoms with Gasteiger partial charge in [-0.25, -0.2) is 0 Å². The molecule has 0 aromatic carbocycles. The molecular formula is C27H44O4. The van der Waals surface area contributed by atoms with Gasteiger partial charge in [0.1, 0.15) is 0 Å². The molecule has 0 unspecified atom stereocenters. The van der Waals surface area contributed by atoms with Crippen molar-refractivity contribution in [3.05, 3.63) is 0 Å². The van der Waals surface area contributed by atoms with Gasteiger partial charge in [0.15, 0.2) is 5.79 Å². The number of ether oxygens (including phenoxy) is 2. The molecule has 2 heterocycles. The summed E-state index contributed by atoms with van der Waals surface area (Å²) in [6.45, 7) is 10.4. The smallest absolute Gasteiger partial charge is 0.171 e. The second-order valence-electron chi connectivity index (χ2n) is 13.2. The Balaban J connectivity index is 1.31. The Kier molecular flexibility index (Phi) is 4.78. The van der Waals surface area contributed by atoms with Crippen LogP contribution >= 0.6 is 0 Å². The lowest BCUT2D eigenvalue weighted by molar-refractivity contribution is -0.282. The fourth-order valence-corrected chi connectivity index (χ4v) is 10.4. The van der Waals surface area contributed by atoms with Crippen molar-refractivity contribution in [2.24, 2.45) is 52.3 Å². The Morgan fingerprint density at radius 2 is 1.61 bits per heavy atom. The lowest BCUT2D eigenvalue weighted by atomic mass is 9.44. The third-order valence-electron chi connectivity index (χ3n) is 11.9. The number of fused-ring (bicyclic) bond motifs is 7. The number of hydrogen-bond donors (Lipinski definition) is 2. The van der Waals surface area contributed by atoms with E-state index in [9.17, 15) is 10.2 Å². The van der Waals surface area contributed by atoms with Crippen LogP contribution in [0, 0.1) is 52.3 Å². The minimum Gasteiger partial charge on any atom is -0.393 e. The Labute approximate surface area is 188 Å². The summed E-state index contributed by atoms with van der Waals surface area (Å²) in [5.41, 5.74) is 0.382. The maximum absolute atomic E-state index is 11.8. The molecular weight excluding hydrogens is 388 g/mol. The molecule has 4 heteroatoms. The van der Waals surface area contributed by atoms with Crippen molar-refractivity contribution in [1.82, 2.24) is 0 Å². The highest BCUT2D eigenvalue weighted by molar-refractivity contribution is 5.18. The van der Waals surface area contributed by atoms with E-state index in [1.165, 1.54) is 32.1 Å². The molecule has 6 fully saturated rings. The summed E-state index contributed by atoms with van der Waals surface area (Å²) in [6, 6.07) is 0. The van der Waals surface area contributed by atoms with Gasteiger partial charge in [0.25, 0.3) is 0 Å². The molecule has 4 aliphatic carbocycles. The maximum Gasteiger partial charge on any atom is 0.171 e. The summed E-state index contributed by atoms with van der Waals surface area (Å²) in [7, 11) is 0. The third kappa shape index (κ3) is 2.74. The molecule has 176 valence electrons. The molecule has 4 saturated carbocycles. The van der Waals surface area contributed by atoms with Gasteiger partial charge < -0.3 is 19.7 Å². The summed E-state index contributed by atoms with van der Waals surface area (Å²) in [5.74, 6) is 3.18. The van der Waals surface area contributed by atoms with E-state index < -0.39 is 5.79 Å². The van der Waals surface area contributed by atoms with Crippen molar-refractivity contribution in [2.45, 2.75) is 110 Å². The van der Waals surface area contributed by atoms with Crippen molar-refractivity contribution in [1.29, 1.82) is 0 Å². The molecule has 0 aromatic rings. The highest BCUT2D eigenvalue weighted by atomic mass is 16.7. The predicted molar refractivity (Wildman–Crippen MR) is 119 cm³/mol. The van der Waals surface area contributed by atoms with Gasteiger partial charge in [-0.15, -0.1) is 0 Å². The Morgan fingerprint density at radius 3 is 2.35 bits per heavy atom. The first kappa shape index (κ1) is 21.4. The van der Waals surface area contributed by atoms with Gasteiger partial charge in [0.2, 0.25) is 0 Å². The van der Waals surface area contributed by atoms with Crippen molar-refractivity contribution < 1.29 is 19.7 Å². The highest BCUT2D eigenvalue weighted by Crippen LogP contribution is 2.71. The fraction of sp³-hybridized carbons (Fsp3) is 1.00. The molecule has 2 saturated heterocycles. The molecule has 4 nitrogen and oxygen atoms in total. The molecule has 1 spiro atoms. The minimum absolute atomic E-state index is 0.0698. The minimum atomic E-state index is -0.467. The van der Waals surface area contributed by atoms with E-state index >= 15 is 0 Å². The topological polar surface area (TPSA) is 58.9 Å². The first-order chi connectivity index (χ1) is 14.7. The zero-order chi connectivity index (χ0) is 21.8. The van der Waals surface area contributed by atoms with Crippen LogP contribution in [0.25, 0.3) is 0 Å². The fourth-order valence-electron chi connectivity index (χ4n) is 10.4. The average Bonchev–Trinajstić information content (AvgIpc) is 3.13. The number of rotatable bonds is 0. The van der Waals surface area contributed by atoms with Gasteiger partial charge >= 0.3 is 0 Å². The van der Waals surface area contributed by atoms with Gasteiger partial charge in [-0.2, -0.15) is 0 Å². The van der Waals surface area contributed by atoms with E-state index in [-0.39, 0.29) is 29.1 Å². The molecule has 2 N–H and O–H groups in total. The lowest BCUT2D eigenvalue weighted by Gasteiger charge is -2.61. The zero-order valence-electron chi connectivity index (χ0n) is 20.1. The van der Waals surface area contributed by atoms with Gasteiger partial charge in [-0.3, -0.25) is 0 Å². The lowest BCUT2D eigenvalue weighted by Crippen LogP contribution is -2.57. The van der Waals surface area contributed by atoms with E-state index in [1.807, 2.05) is 0 Å². The van der Waals surface area contributed by atoms with Gasteiger partial charge in [0, 0.05) is 18.3 Å². The number of aliphatic hydroxyl groups excluding tert-OH is 2. The van der Waals surface area contributed by atoms with Crippen LogP contribution in [0.1, 0.15) is 85.5 Å². The first-order valence-electron chi connectivity index (χ1n) is 13.4. The van der Waals surface area contributed by atoms with E-state index in [4.69, 9.17) is 9.47 Å². The van der Waals surface area contributed by atoms with Crippen LogP contribution < -0.4 is 0 Å². The molecule has 6 aliphatic rings. The molecule has 31 heavy (non-hydrogen) atoms. The maximum atomic E-state index is 11.8. The second kappa shape index (κ2) is 6.93. The summed E-state index contributed by atoms with van der Waals surface area (Å²) in [5, 5.41) is 22.3. The third-order valence-corrected chi connectivity index (χ3v) is 11.9. The monoisotopic (exact) mass is 432 g/mol. The van der Waals surface area contributed by atoms with Crippen LogP contribution in [0.2, 0.25) is 0 Å². The van der Waals surface area contributed by atoms with Crippen molar-refractivity contribution in [2.75, 3.05) is 6.61 Å². The first-order valence-corrected chi connectivity index (χ1v) is 13.4. The molecule has 6 rings (SSSR count). The molecule has 0 aromatic heterocycles. The Bertz CT molecular complexity index is 716. The van der Waals surface area contributed by atoms with E-state index in [2.05, 4.69) is 27.7 Å². The number of aliphatic hydroxyl groups is 2. The van der Waals surface area contributed by atoms with Crippen LogP contribution in [0.3, 0.4) is 0 Å². The Morgan fingerprint density at radius 1 is 0.839 bits per heavy atom.